The number of nitrogens with zero attached hydrogens (tertiary/aromatic N) is 3. The van der Waals surface area contributed by atoms with Gasteiger partial charge in [-0.15, -0.1) is 0 Å². The van der Waals surface area contributed by atoms with Crippen LogP contribution in [0.4, 0.5) is 11.4 Å². The molecule has 0 bridgehead atoms. The van der Waals surface area contributed by atoms with Gasteiger partial charge in [-0.25, -0.2) is 0 Å². The number of benzene rings is 2. The van der Waals surface area contributed by atoms with Crippen molar-refractivity contribution < 1.29 is 4.79 Å². The third kappa shape index (κ3) is 2.12. The SMILES string of the molecule is Cc1ccc2c3c(ccc(N(C)Cc4ccnnc4)c13)NC2=O. The Morgan fingerprint density at radius 3 is 2.74 bits per heavy atom. The van der Waals surface area contributed by atoms with Gasteiger partial charge >= 0.3 is 0 Å². The van der Waals surface area contributed by atoms with Gasteiger partial charge in [-0.3, -0.25) is 4.79 Å². The van der Waals surface area contributed by atoms with Crippen molar-refractivity contribution in [3.63, 3.8) is 0 Å². The number of amides is 1. The standard InChI is InChI=1S/C18H16N4O/c1-11-3-4-13-17-14(21-18(13)23)5-6-15(16(11)17)22(2)10-12-7-8-19-20-9-12/h3-9H,10H2,1-2H3,(H,21,23). The van der Waals surface area contributed by atoms with Gasteiger partial charge in [-0.05, 0) is 42.3 Å². The number of nitrogens with one attached hydrogen (secondary N) is 1. The molecule has 0 spiro atoms. The predicted octanol–water partition coefficient (Wildman–Crippen LogP) is 3.14. The van der Waals surface area contributed by atoms with Gasteiger partial charge in [0.25, 0.3) is 5.91 Å². The van der Waals surface area contributed by atoms with E-state index in [1.165, 1.54) is 0 Å². The second kappa shape index (κ2) is 5.05. The Bertz CT molecular complexity index is 921. The molecule has 0 unspecified atom stereocenters. The van der Waals surface area contributed by atoms with Crippen LogP contribution in [-0.4, -0.2) is 23.2 Å². The van der Waals surface area contributed by atoms with Crippen LogP contribution >= 0.6 is 0 Å². The molecule has 5 nitrogen and oxygen atoms in total. The Kier molecular flexibility index (Phi) is 3.01. The van der Waals surface area contributed by atoms with Gasteiger partial charge in [0.2, 0.25) is 0 Å². The van der Waals surface area contributed by atoms with E-state index in [2.05, 4.69) is 33.4 Å². The number of anilines is 2. The molecule has 5 heteroatoms. The van der Waals surface area contributed by atoms with Gasteiger partial charge in [0.1, 0.15) is 0 Å². The molecule has 3 aromatic rings. The lowest BCUT2D eigenvalue weighted by atomic mass is 9.98. The first-order valence-corrected chi connectivity index (χ1v) is 7.49. The zero-order chi connectivity index (χ0) is 16.0. The molecule has 2 heterocycles. The maximum absolute atomic E-state index is 12.1. The van der Waals surface area contributed by atoms with Crippen LogP contribution in [-0.2, 0) is 6.54 Å². The number of hydrogen-bond donors (Lipinski definition) is 1. The highest BCUT2D eigenvalue weighted by atomic mass is 16.1. The van der Waals surface area contributed by atoms with E-state index >= 15 is 0 Å². The van der Waals surface area contributed by atoms with Crippen LogP contribution < -0.4 is 10.2 Å². The third-order valence-corrected chi connectivity index (χ3v) is 4.32. The summed E-state index contributed by atoms with van der Waals surface area (Å²) in [6.45, 7) is 2.81. The van der Waals surface area contributed by atoms with Crippen LogP contribution in [0.2, 0.25) is 0 Å². The van der Waals surface area contributed by atoms with Crippen LogP contribution in [0.15, 0.2) is 42.7 Å². The van der Waals surface area contributed by atoms with E-state index in [4.69, 9.17) is 0 Å². The maximum atomic E-state index is 12.1. The Labute approximate surface area is 134 Å². The van der Waals surface area contributed by atoms with Crippen molar-refractivity contribution >= 4 is 28.1 Å². The first kappa shape index (κ1) is 13.7. The number of carbonyl (C=O) groups is 1. The zero-order valence-corrected chi connectivity index (χ0v) is 13.0. The molecule has 23 heavy (non-hydrogen) atoms. The van der Waals surface area contributed by atoms with Gasteiger partial charge in [0.15, 0.2) is 0 Å². The first-order chi connectivity index (χ1) is 11.1. The minimum Gasteiger partial charge on any atom is -0.370 e. The summed E-state index contributed by atoms with van der Waals surface area (Å²) in [6.07, 6.45) is 3.47. The van der Waals surface area contributed by atoms with E-state index in [0.29, 0.717) is 0 Å². The van der Waals surface area contributed by atoms with Crippen molar-refractivity contribution in [3.8, 4) is 0 Å². The van der Waals surface area contributed by atoms with Crippen LogP contribution in [0, 0.1) is 6.92 Å². The van der Waals surface area contributed by atoms with Crippen LogP contribution in [0.25, 0.3) is 10.8 Å². The number of aromatic nitrogens is 2. The molecule has 1 aliphatic heterocycles. The molecule has 1 aromatic heterocycles. The molecule has 1 aliphatic rings. The van der Waals surface area contributed by atoms with Crippen molar-refractivity contribution in [3.05, 3.63) is 59.4 Å². The molecule has 114 valence electrons. The number of carbonyl (C=O) groups excluding carboxylic acids is 1. The lowest BCUT2D eigenvalue weighted by molar-refractivity contribution is 0.103. The minimum absolute atomic E-state index is 0.0249. The minimum atomic E-state index is -0.0249. The van der Waals surface area contributed by atoms with E-state index in [1.807, 2.05) is 31.3 Å². The lowest BCUT2D eigenvalue weighted by Crippen LogP contribution is -2.17. The Morgan fingerprint density at radius 2 is 1.96 bits per heavy atom. The molecule has 0 saturated heterocycles. The number of aryl methyl sites for hydroxylation is 1. The monoisotopic (exact) mass is 304 g/mol. The number of rotatable bonds is 3. The van der Waals surface area contributed by atoms with E-state index in [9.17, 15) is 4.79 Å². The average molecular weight is 304 g/mol. The highest BCUT2D eigenvalue weighted by Gasteiger charge is 2.24. The Morgan fingerprint density at radius 1 is 1.09 bits per heavy atom. The van der Waals surface area contributed by atoms with Crippen molar-refractivity contribution in [1.29, 1.82) is 0 Å². The van der Waals surface area contributed by atoms with E-state index in [1.54, 1.807) is 12.4 Å². The molecule has 0 atom stereocenters. The highest BCUT2D eigenvalue weighted by Crippen LogP contribution is 2.40. The molecule has 1 N–H and O–H groups in total. The largest absolute Gasteiger partial charge is 0.370 e. The Balaban J connectivity index is 1.85. The van der Waals surface area contributed by atoms with Gasteiger partial charge in [-0.2, -0.15) is 10.2 Å². The van der Waals surface area contributed by atoms with Crippen molar-refractivity contribution in [2.75, 3.05) is 17.3 Å². The normalized spacial score (nSPS) is 12.5. The maximum Gasteiger partial charge on any atom is 0.256 e. The molecular formula is C18H16N4O. The quantitative estimate of drug-likeness (QED) is 0.807. The average Bonchev–Trinajstić information content (AvgIpc) is 2.88. The molecule has 4 rings (SSSR count). The second-order valence-corrected chi connectivity index (χ2v) is 5.87. The fraction of sp³-hybridized carbons (Fsp3) is 0.167. The summed E-state index contributed by atoms with van der Waals surface area (Å²) in [6, 6.07) is 9.92. The topological polar surface area (TPSA) is 58.1 Å². The first-order valence-electron chi connectivity index (χ1n) is 7.49. The van der Waals surface area contributed by atoms with Crippen molar-refractivity contribution in [2.24, 2.45) is 0 Å². The second-order valence-electron chi connectivity index (χ2n) is 5.87. The summed E-state index contributed by atoms with van der Waals surface area (Å²) in [5, 5.41) is 12.8. The van der Waals surface area contributed by atoms with Crippen LogP contribution in [0.3, 0.4) is 0 Å². The van der Waals surface area contributed by atoms with Crippen LogP contribution in [0.1, 0.15) is 21.5 Å². The highest BCUT2D eigenvalue weighted by molar-refractivity contribution is 6.26. The molecule has 0 fully saturated rings. The zero-order valence-electron chi connectivity index (χ0n) is 13.0. The van der Waals surface area contributed by atoms with Crippen molar-refractivity contribution in [1.82, 2.24) is 10.2 Å². The fourth-order valence-electron chi connectivity index (χ4n) is 3.22. The lowest BCUT2D eigenvalue weighted by Gasteiger charge is -2.22. The van der Waals surface area contributed by atoms with Gasteiger partial charge < -0.3 is 10.2 Å². The summed E-state index contributed by atoms with van der Waals surface area (Å²) >= 11 is 0. The molecule has 2 aromatic carbocycles. The van der Waals surface area contributed by atoms with E-state index in [-0.39, 0.29) is 5.91 Å². The molecular weight excluding hydrogens is 288 g/mol. The summed E-state index contributed by atoms with van der Waals surface area (Å²) in [5.41, 5.74) is 5.01. The van der Waals surface area contributed by atoms with Gasteiger partial charge in [0.05, 0.1) is 6.20 Å². The summed E-state index contributed by atoms with van der Waals surface area (Å²) in [7, 11) is 2.05. The molecule has 0 aliphatic carbocycles. The summed E-state index contributed by atoms with van der Waals surface area (Å²) in [5.74, 6) is -0.0249. The predicted molar refractivity (Wildman–Crippen MR) is 90.8 cm³/mol. The van der Waals surface area contributed by atoms with Gasteiger partial charge in [0, 0.05) is 47.5 Å². The smallest absolute Gasteiger partial charge is 0.256 e. The van der Waals surface area contributed by atoms with Gasteiger partial charge in [-0.1, -0.05) is 6.07 Å². The third-order valence-electron chi connectivity index (χ3n) is 4.32. The molecule has 0 saturated carbocycles. The number of hydrogen-bond acceptors (Lipinski definition) is 4. The van der Waals surface area contributed by atoms with E-state index in [0.717, 1.165) is 45.4 Å². The van der Waals surface area contributed by atoms with Crippen LogP contribution in [0.5, 0.6) is 0 Å². The molecule has 0 radical (unpaired) electrons. The van der Waals surface area contributed by atoms with E-state index < -0.39 is 0 Å². The summed E-state index contributed by atoms with van der Waals surface area (Å²) < 4.78 is 0. The molecule has 1 amide bonds. The summed E-state index contributed by atoms with van der Waals surface area (Å²) in [4.78, 5) is 14.3. The van der Waals surface area contributed by atoms with Crippen molar-refractivity contribution in [2.45, 2.75) is 13.5 Å². The fourth-order valence-corrected chi connectivity index (χ4v) is 3.22. The Hall–Kier alpha value is -2.95.